The van der Waals surface area contributed by atoms with Gasteiger partial charge < -0.3 is 9.47 Å². The molecule has 35 heavy (non-hydrogen) atoms. The number of hydrogen-bond acceptors (Lipinski definition) is 4. The molecule has 4 rings (SSSR count). The summed E-state index contributed by atoms with van der Waals surface area (Å²) >= 11 is 5.87. The van der Waals surface area contributed by atoms with Crippen molar-refractivity contribution in [1.29, 1.82) is 0 Å². The minimum Gasteiger partial charge on any atom is -0.438 e. The molecule has 0 aliphatic heterocycles. The number of rotatable bonds is 5. The minimum absolute atomic E-state index is 0.0400. The van der Waals surface area contributed by atoms with Crippen LogP contribution in [0.5, 0.6) is 23.3 Å². The maximum atomic E-state index is 12.8. The highest BCUT2D eigenvalue weighted by molar-refractivity contribution is 6.31. The molecule has 0 saturated carbocycles. The number of aromatic nitrogens is 2. The van der Waals surface area contributed by atoms with E-state index < -0.39 is 23.5 Å². The molecule has 0 fully saturated rings. The highest BCUT2D eigenvalue weighted by Gasteiger charge is 2.32. The minimum atomic E-state index is -4.58. The predicted octanol–water partition coefficient (Wildman–Crippen LogP) is 8.22. The summed E-state index contributed by atoms with van der Waals surface area (Å²) in [6.07, 6.45) is -7.80. The van der Waals surface area contributed by atoms with Crippen LogP contribution in [0.4, 0.5) is 26.3 Å². The molecule has 1 radical (unpaired) electrons. The summed E-state index contributed by atoms with van der Waals surface area (Å²) in [6.45, 7) is 0. The average molecular weight is 510 g/mol. The normalized spacial score (nSPS) is 11.9. The number of hydrogen-bond donors (Lipinski definition) is 0. The molecule has 2 heterocycles. The first kappa shape index (κ1) is 24.3. The van der Waals surface area contributed by atoms with Crippen molar-refractivity contribution < 1.29 is 35.8 Å². The maximum Gasteiger partial charge on any atom is 0.417 e. The van der Waals surface area contributed by atoms with Gasteiger partial charge in [-0.15, -0.1) is 0 Å². The van der Waals surface area contributed by atoms with Crippen LogP contribution in [0.15, 0.2) is 73.1 Å². The van der Waals surface area contributed by atoms with E-state index in [9.17, 15) is 26.3 Å². The van der Waals surface area contributed by atoms with Gasteiger partial charge in [0.25, 0.3) is 0 Å². The molecule has 0 aliphatic carbocycles. The van der Waals surface area contributed by atoms with Crippen molar-refractivity contribution in [2.75, 3.05) is 0 Å². The van der Waals surface area contributed by atoms with Gasteiger partial charge in [-0.25, -0.2) is 9.97 Å². The van der Waals surface area contributed by atoms with E-state index in [2.05, 4.69) is 16.0 Å². The molecule has 2 aromatic heterocycles. The van der Waals surface area contributed by atoms with Crippen LogP contribution in [0.1, 0.15) is 11.1 Å². The number of halogens is 7. The lowest BCUT2D eigenvalue weighted by Crippen LogP contribution is -2.05. The summed E-state index contributed by atoms with van der Waals surface area (Å²) in [5.41, 5.74) is -0.661. The highest BCUT2D eigenvalue weighted by Crippen LogP contribution is 2.37. The molecule has 0 aliphatic rings. The van der Waals surface area contributed by atoms with Gasteiger partial charge in [0.1, 0.15) is 16.5 Å². The molecule has 179 valence electrons. The fourth-order valence-corrected chi connectivity index (χ4v) is 3.13. The van der Waals surface area contributed by atoms with E-state index in [-0.39, 0.29) is 22.5 Å². The quantitative estimate of drug-likeness (QED) is 0.254. The summed E-state index contributed by atoms with van der Waals surface area (Å²) < 4.78 is 87.6. The zero-order valence-corrected chi connectivity index (χ0v) is 18.0. The molecule has 0 saturated heterocycles. The van der Waals surface area contributed by atoms with Crippen LogP contribution >= 0.6 is 11.6 Å². The van der Waals surface area contributed by atoms with E-state index in [4.69, 9.17) is 21.1 Å². The average Bonchev–Trinajstić information content (AvgIpc) is 2.80. The van der Waals surface area contributed by atoms with E-state index in [0.29, 0.717) is 29.3 Å². The van der Waals surface area contributed by atoms with Gasteiger partial charge >= 0.3 is 12.4 Å². The van der Waals surface area contributed by atoms with Gasteiger partial charge in [0, 0.05) is 24.0 Å². The summed E-state index contributed by atoms with van der Waals surface area (Å²) in [4.78, 5) is 7.33. The first-order chi connectivity index (χ1) is 16.5. The number of benzene rings is 2. The summed E-state index contributed by atoms with van der Waals surface area (Å²) in [7, 11) is 0. The molecule has 4 aromatic rings. The Labute approximate surface area is 199 Å². The Hall–Kier alpha value is -3.79. The van der Waals surface area contributed by atoms with Gasteiger partial charge in [0.2, 0.25) is 11.8 Å². The van der Waals surface area contributed by atoms with E-state index in [0.717, 1.165) is 18.2 Å². The van der Waals surface area contributed by atoms with Crippen molar-refractivity contribution in [2.45, 2.75) is 12.4 Å². The van der Waals surface area contributed by atoms with Crippen molar-refractivity contribution in [2.24, 2.45) is 0 Å². The molecule has 0 N–H and O–H groups in total. The largest absolute Gasteiger partial charge is 0.438 e. The van der Waals surface area contributed by atoms with E-state index in [1.54, 1.807) is 36.4 Å². The second kappa shape index (κ2) is 9.46. The van der Waals surface area contributed by atoms with Gasteiger partial charge in [0.05, 0.1) is 11.1 Å². The van der Waals surface area contributed by atoms with E-state index >= 15 is 0 Å². The lowest BCUT2D eigenvalue weighted by molar-refractivity contribution is -0.138. The van der Waals surface area contributed by atoms with E-state index in [1.807, 2.05) is 0 Å². The zero-order chi connectivity index (χ0) is 25.2. The van der Waals surface area contributed by atoms with Gasteiger partial charge in [0.15, 0.2) is 0 Å². The number of alkyl halides is 6. The maximum absolute atomic E-state index is 12.8. The fraction of sp³-hybridized carbons (Fsp3) is 0.0833. The molecule has 11 heteroatoms. The van der Waals surface area contributed by atoms with Crippen molar-refractivity contribution in [3.05, 3.63) is 95.3 Å². The number of ether oxygens (including phenoxy) is 2. The fourth-order valence-electron chi connectivity index (χ4n) is 2.93. The van der Waals surface area contributed by atoms with Crippen LogP contribution in [0.3, 0.4) is 0 Å². The molecule has 4 nitrogen and oxygen atoms in total. The van der Waals surface area contributed by atoms with Crippen LogP contribution in [0.25, 0.3) is 11.1 Å². The van der Waals surface area contributed by atoms with Crippen LogP contribution in [-0.4, -0.2) is 9.97 Å². The molecule has 0 atom stereocenters. The zero-order valence-electron chi connectivity index (χ0n) is 17.3. The van der Waals surface area contributed by atoms with Crippen molar-refractivity contribution in [3.8, 4) is 34.4 Å². The van der Waals surface area contributed by atoms with Crippen LogP contribution < -0.4 is 9.47 Å². The van der Waals surface area contributed by atoms with Crippen molar-refractivity contribution in [1.82, 2.24) is 9.97 Å². The Balaban J connectivity index is 1.52. The van der Waals surface area contributed by atoms with Crippen LogP contribution in [0, 0.1) is 6.07 Å². The molecule has 0 unspecified atom stereocenters. The standard InChI is InChI=1S/C24H12ClF6N2O2/c25-19-11-16(24(29,30)31)13-33-22(19)34-17-8-5-14(6-9-17)18-3-1-2-4-20(18)35-21-10-7-15(12-32-21)23(26,27)28/h1,3-13H. The summed E-state index contributed by atoms with van der Waals surface area (Å²) in [5.74, 6) is 0.319. The third-order valence-electron chi connectivity index (χ3n) is 4.62. The predicted molar refractivity (Wildman–Crippen MR) is 114 cm³/mol. The molecule has 0 bridgehead atoms. The SMILES string of the molecule is FC(F)(F)c1ccc(Oc2c[c]ccc2-c2ccc(Oc3ncc(C(F)(F)F)cc3Cl)cc2)nc1. The molecule has 0 amide bonds. The lowest BCUT2D eigenvalue weighted by atomic mass is 10.0. The number of nitrogens with zero attached hydrogens (tertiary/aromatic N) is 2. The van der Waals surface area contributed by atoms with Crippen molar-refractivity contribution in [3.63, 3.8) is 0 Å². The van der Waals surface area contributed by atoms with Crippen LogP contribution in [-0.2, 0) is 12.4 Å². The van der Waals surface area contributed by atoms with Gasteiger partial charge in [-0.2, -0.15) is 26.3 Å². The smallest absolute Gasteiger partial charge is 0.417 e. The first-order valence-electron chi connectivity index (χ1n) is 9.73. The van der Waals surface area contributed by atoms with E-state index in [1.165, 1.54) is 6.07 Å². The highest BCUT2D eigenvalue weighted by atomic mass is 35.5. The summed E-state index contributed by atoms with van der Waals surface area (Å²) in [6, 6.07) is 16.7. The Morgan fingerprint density at radius 2 is 1.46 bits per heavy atom. The third-order valence-corrected chi connectivity index (χ3v) is 4.89. The monoisotopic (exact) mass is 509 g/mol. The molecule has 0 spiro atoms. The molecular weight excluding hydrogens is 498 g/mol. The van der Waals surface area contributed by atoms with Gasteiger partial charge in [-0.3, -0.25) is 0 Å². The van der Waals surface area contributed by atoms with Gasteiger partial charge in [-0.05, 0) is 42.0 Å². The molecular formula is C24H12ClF6N2O2. The van der Waals surface area contributed by atoms with Crippen LogP contribution in [0.2, 0.25) is 5.02 Å². The Morgan fingerprint density at radius 3 is 2.06 bits per heavy atom. The molecule has 2 aromatic carbocycles. The van der Waals surface area contributed by atoms with Gasteiger partial charge in [-0.1, -0.05) is 35.9 Å². The summed E-state index contributed by atoms with van der Waals surface area (Å²) in [5, 5.41) is -0.303. The topological polar surface area (TPSA) is 44.2 Å². The first-order valence-corrected chi connectivity index (χ1v) is 10.1. The lowest BCUT2D eigenvalue weighted by Gasteiger charge is -2.13. The Kier molecular flexibility index (Phi) is 6.58. The second-order valence-corrected chi connectivity index (χ2v) is 7.45. The number of pyridine rings is 2. The third kappa shape index (κ3) is 5.83. The Morgan fingerprint density at radius 1 is 0.771 bits per heavy atom. The van der Waals surface area contributed by atoms with Crippen molar-refractivity contribution >= 4 is 11.6 Å². The Bertz CT molecular complexity index is 1320. The second-order valence-electron chi connectivity index (χ2n) is 7.04.